The molecule has 0 aliphatic heterocycles. The van der Waals surface area contributed by atoms with Crippen molar-refractivity contribution in [2.45, 2.75) is 12.8 Å². The van der Waals surface area contributed by atoms with Crippen LogP contribution in [-0.2, 0) is 0 Å². The van der Waals surface area contributed by atoms with Crippen molar-refractivity contribution in [3.05, 3.63) is 23.0 Å². The molecule has 0 aromatic carbocycles. The largest absolute Gasteiger partial charge is 0.412 e. The normalized spacial score (nSPS) is 18.5. The van der Waals surface area contributed by atoms with Crippen LogP contribution in [-0.4, -0.2) is 27.2 Å². The highest BCUT2D eigenvalue weighted by atomic mass is 35.5. The number of aliphatic hydroxyl groups is 1. The van der Waals surface area contributed by atoms with Crippen LogP contribution in [0.25, 0.3) is 0 Å². The first-order chi connectivity index (χ1) is 7.69. The SMILES string of the molecule is Nc1nc(Cl)cc(NC2=CCC[C@@H]2CO)n1.O. The maximum Gasteiger partial charge on any atom is 0.223 e. The Labute approximate surface area is 104 Å². The van der Waals surface area contributed by atoms with Gasteiger partial charge in [-0.3, -0.25) is 0 Å². The van der Waals surface area contributed by atoms with Gasteiger partial charge in [0.15, 0.2) is 0 Å². The zero-order chi connectivity index (χ0) is 11.5. The molecule has 0 fully saturated rings. The zero-order valence-corrected chi connectivity index (χ0v) is 9.91. The lowest BCUT2D eigenvalue weighted by Crippen LogP contribution is -2.13. The van der Waals surface area contributed by atoms with E-state index in [0.29, 0.717) is 11.0 Å². The van der Waals surface area contributed by atoms with E-state index in [-0.39, 0.29) is 23.9 Å². The summed E-state index contributed by atoms with van der Waals surface area (Å²) in [5, 5.41) is 12.6. The van der Waals surface area contributed by atoms with Gasteiger partial charge in [-0.1, -0.05) is 17.7 Å². The summed E-state index contributed by atoms with van der Waals surface area (Å²) in [6.45, 7) is 0.132. The number of nitrogens with two attached hydrogens (primary N) is 1. The molecule has 1 aliphatic carbocycles. The highest BCUT2D eigenvalue weighted by molar-refractivity contribution is 6.29. The number of aromatic nitrogens is 2. The molecule has 0 unspecified atom stereocenters. The minimum Gasteiger partial charge on any atom is -0.412 e. The lowest BCUT2D eigenvalue weighted by Gasteiger charge is -2.13. The van der Waals surface area contributed by atoms with Crippen LogP contribution in [0.2, 0.25) is 5.15 Å². The summed E-state index contributed by atoms with van der Waals surface area (Å²) < 4.78 is 0. The van der Waals surface area contributed by atoms with Gasteiger partial charge >= 0.3 is 0 Å². The summed E-state index contributed by atoms with van der Waals surface area (Å²) in [6, 6.07) is 1.60. The van der Waals surface area contributed by atoms with E-state index in [9.17, 15) is 0 Å². The van der Waals surface area contributed by atoms with Crippen LogP contribution in [0.1, 0.15) is 12.8 Å². The molecular weight excluding hydrogens is 244 g/mol. The standard InChI is InChI=1S/C10H13ClN4O.H2O/c11-8-4-9(15-10(12)14-8)13-7-3-1-2-6(7)5-16;/h3-4,6,16H,1-2,5H2,(H3,12,13,14,15);1H2/t6-;/m1./s1. The van der Waals surface area contributed by atoms with E-state index >= 15 is 0 Å². The number of nitrogens with zero attached hydrogens (tertiary/aromatic N) is 2. The maximum atomic E-state index is 9.16. The van der Waals surface area contributed by atoms with Crippen molar-refractivity contribution >= 4 is 23.4 Å². The van der Waals surface area contributed by atoms with Crippen LogP contribution in [0.5, 0.6) is 0 Å². The number of aliphatic hydroxyl groups excluding tert-OH is 1. The molecule has 0 saturated heterocycles. The molecule has 0 bridgehead atoms. The second-order valence-corrected chi connectivity index (χ2v) is 4.06. The van der Waals surface area contributed by atoms with Gasteiger partial charge in [0.25, 0.3) is 0 Å². The quantitative estimate of drug-likeness (QED) is 0.686. The summed E-state index contributed by atoms with van der Waals surface area (Å²) in [4.78, 5) is 7.79. The summed E-state index contributed by atoms with van der Waals surface area (Å²) in [6.07, 6.45) is 3.96. The van der Waals surface area contributed by atoms with Crippen molar-refractivity contribution in [2.75, 3.05) is 17.7 Å². The fourth-order valence-corrected chi connectivity index (χ4v) is 1.94. The van der Waals surface area contributed by atoms with Crippen LogP contribution in [0.15, 0.2) is 17.8 Å². The first-order valence-electron chi connectivity index (χ1n) is 5.07. The molecule has 0 radical (unpaired) electrons. The Morgan fingerprint density at radius 3 is 2.94 bits per heavy atom. The highest BCUT2D eigenvalue weighted by Crippen LogP contribution is 2.26. The Morgan fingerprint density at radius 2 is 2.29 bits per heavy atom. The number of hydrogen-bond acceptors (Lipinski definition) is 5. The minimum absolute atomic E-state index is 0. The third kappa shape index (κ3) is 3.29. The maximum absolute atomic E-state index is 9.16. The topological polar surface area (TPSA) is 116 Å². The van der Waals surface area contributed by atoms with Gasteiger partial charge in [0.1, 0.15) is 11.0 Å². The number of nitrogen functional groups attached to an aromatic ring is 1. The van der Waals surface area contributed by atoms with Gasteiger partial charge in [0, 0.05) is 17.7 Å². The molecule has 1 aliphatic rings. The van der Waals surface area contributed by atoms with Crippen LogP contribution in [0.4, 0.5) is 11.8 Å². The van der Waals surface area contributed by atoms with E-state index in [1.54, 1.807) is 6.07 Å². The molecule has 6 nitrogen and oxygen atoms in total. The Kier molecular flexibility index (Phi) is 4.68. The molecule has 6 N–H and O–H groups in total. The van der Waals surface area contributed by atoms with Gasteiger partial charge < -0.3 is 21.6 Å². The molecule has 0 saturated carbocycles. The van der Waals surface area contributed by atoms with E-state index in [1.807, 2.05) is 6.08 Å². The summed E-state index contributed by atoms with van der Waals surface area (Å²) >= 11 is 5.77. The average molecular weight is 259 g/mol. The number of halogens is 1. The van der Waals surface area contributed by atoms with Gasteiger partial charge in [-0.2, -0.15) is 4.98 Å². The number of rotatable bonds is 3. The summed E-state index contributed by atoms with van der Waals surface area (Å²) in [7, 11) is 0. The van der Waals surface area contributed by atoms with Gasteiger partial charge in [-0.05, 0) is 12.8 Å². The Morgan fingerprint density at radius 1 is 1.53 bits per heavy atom. The van der Waals surface area contributed by atoms with Crippen LogP contribution >= 0.6 is 11.6 Å². The predicted octanol–water partition coefficient (Wildman–Crippen LogP) is 0.586. The smallest absolute Gasteiger partial charge is 0.223 e. The van der Waals surface area contributed by atoms with Gasteiger partial charge in [0.05, 0.1) is 6.61 Å². The number of nitrogens with one attached hydrogen (secondary N) is 1. The van der Waals surface area contributed by atoms with Crippen molar-refractivity contribution in [3.8, 4) is 0 Å². The Bertz CT molecular complexity index is 405. The molecule has 0 spiro atoms. The van der Waals surface area contributed by atoms with Gasteiger partial charge in [-0.15, -0.1) is 0 Å². The van der Waals surface area contributed by atoms with E-state index < -0.39 is 0 Å². The van der Waals surface area contributed by atoms with E-state index in [4.69, 9.17) is 22.4 Å². The second-order valence-electron chi connectivity index (χ2n) is 3.68. The van der Waals surface area contributed by atoms with Crippen LogP contribution in [0.3, 0.4) is 0 Å². The predicted molar refractivity (Wildman–Crippen MR) is 66.6 cm³/mol. The molecule has 17 heavy (non-hydrogen) atoms. The van der Waals surface area contributed by atoms with Crippen molar-refractivity contribution in [2.24, 2.45) is 5.92 Å². The number of anilines is 2. The van der Waals surface area contributed by atoms with Crippen molar-refractivity contribution in [1.29, 1.82) is 0 Å². The molecule has 94 valence electrons. The fraction of sp³-hybridized carbons (Fsp3) is 0.400. The molecule has 1 aromatic rings. The lowest BCUT2D eigenvalue weighted by atomic mass is 10.1. The van der Waals surface area contributed by atoms with E-state index in [2.05, 4.69) is 15.3 Å². The van der Waals surface area contributed by atoms with E-state index in [0.717, 1.165) is 18.5 Å². The summed E-state index contributed by atoms with van der Waals surface area (Å²) in [5.41, 5.74) is 6.45. The minimum atomic E-state index is 0. The molecule has 7 heteroatoms. The van der Waals surface area contributed by atoms with Crippen LogP contribution < -0.4 is 11.1 Å². The lowest BCUT2D eigenvalue weighted by molar-refractivity contribution is 0.246. The number of allylic oxidation sites excluding steroid dienone is 1. The Balaban J connectivity index is 0.00000144. The fourth-order valence-electron chi connectivity index (χ4n) is 1.75. The highest BCUT2D eigenvalue weighted by Gasteiger charge is 2.18. The monoisotopic (exact) mass is 258 g/mol. The molecule has 0 amide bonds. The molecule has 2 rings (SSSR count). The Hall–Kier alpha value is -1.37. The third-order valence-electron chi connectivity index (χ3n) is 2.52. The first-order valence-corrected chi connectivity index (χ1v) is 5.45. The molecule has 1 aromatic heterocycles. The van der Waals surface area contributed by atoms with Gasteiger partial charge in [0.2, 0.25) is 5.95 Å². The van der Waals surface area contributed by atoms with E-state index in [1.165, 1.54) is 0 Å². The van der Waals surface area contributed by atoms with Gasteiger partial charge in [-0.25, -0.2) is 4.98 Å². The molecular formula is C10H15ClN4O2. The average Bonchev–Trinajstić information content (AvgIpc) is 2.63. The third-order valence-corrected chi connectivity index (χ3v) is 2.72. The molecule has 1 atom stereocenters. The van der Waals surface area contributed by atoms with Crippen molar-refractivity contribution in [3.63, 3.8) is 0 Å². The zero-order valence-electron chi connectivity index (χ0n) is 9.15. The molecule has 1 heterocycles. The summed E-state index contributed by atoms with van der Waals surface area (Å²) in [5.74, 6) is 0.841. The number of hydrogen-bond donors (Lipinski definition) is 3. The van der Waals surface area contributed by atoms with Crippen LogP contribution in [0, 0.1) is 5.92 Å². The van der Waals surface area contributed by atoms with Crippen molar-refractivity contribution < 1.29 is 10.6 Å². The van der Waals surface area contributed by atoms with Crippen molar-refractivity contribution in [1.82, 2.24) is 9.97 Å². The second kappa shape index (κ2) is 5.81. The first kappa shape index (κ1) is 13.7.